The van der Waals surface area contributed by atoms with Crippen molar-refractivity contribution in [2.45, 2.75) is 52.4 Å². The van der Waals surface area contributed by atoms with E-state index in [1.807, 2.05) is 0 Å². The van der Waals surface area contributed by atoms with Gasteiger partial charge in [-0.05, 0) is 54.0 Å². The van der Waals surface area contributed by atoms with Crippen molar-refractivity contribution in [3.63, 3.8) is 0 Å². The molecule has 1 saturated heterocycles. The van der Waals surface area contributed by atoms with Gasteiger partial charge < -0.3 is 4.90 Å². The molecule has 28 heavy (non-hydrogen) atoms. The summed E-state index contributed by atoms with van der Waals surface area (Å²) in [5.74, 6) is 1.73. The number of Topliss-reactive ketones (excluding diaryl/α,β-unsaturated/α-hetero) is 1. The number of piperidine rings is 1. The van der Waals surface area contributed by atoms with Gasteiger partial charge in [0.1, 0.15) is 5.78 Å². The van der Waals surface area contributed by atoms with Crippen LogP contribution in [0.25, 0.3) is 0 Å². The molecular weight excluding hydrogens is 342 g/mol. The molecule has 2 nitrogen and oxygen atoms in total. The highest BCUT2D eigenvalue weighted by molar-refractivity contribution is 5.85. The lowest BCUT2D eigenvalue weighted by atomic mass is 9.81. The molecule has 0 bridgehead atoms. The minimum atomic E-state index is 0.101. The summed E-state index contributed by atoms with van der Waals surface area (Å²) in [6.45, 7) is 10.6. The van der Waals surface area contributed by atoms with E-state index >= 15 is 0 Å². The Morgan fingerprint density at radius 3 is 1.43 bits per heavy atom. The zero-order valence-electron chi connectivity index (χ0n) is 18.1. The summed E-state index contributed by atoms with van der Waals surface area (Å²) in [6.07, 6.45) is 1.70. The number of hydrogen-bond acceptors (Lipinski definition) is 2. The smallest absolute Gasteiger partial charge is 0.142 e. The number of hydrogen-bond donors (Lipinski definition) is 0. The summed E-state index contributed by atoms with van der Waals surface area (Å²) >= 11 is 0. The van der Waals surface area contributed by atoms with Crippen LogP contribution in [0.3, 0.4) is 0 Å². The molecule has 1 heterocycles. The van der Waals surface area contributed by atoms with E-state index in [9.17, 15) is 4.79 Å². The van der Waals surface area contributed by atoms with Crippen LogP contribution < -0.4 is 0 Å². The maximum atomic E-state index is 13.2. The molecule has 2 heteroatoms. The fourth-order valence-corrected chi connectivity index (χ4v) is 4.32. The maximum absolute atomic E-state index is 13.2. The van der Waals surface area contributed by atoms with Crippen molar-refractivity contribution in [2.75, 3.05) is 20.1 Å². The lowest BCUT2D eigenvalue weighted by Crippen LogP contribution is -2.46. The number of rotatable bonds is 6. The number of likely N-dealkylation sites (tertiary alicyclic amines) is 1. The summed E-state index contributed by atoms with van der Waals surface area (Å²) in [4.78, 5) is 15.5. The number of nitrogens with zero attached hydrogens (tertiary/aromatic N) is 1. The molecule has 0 N–H and O–H groups in total. The van der Waals surface area contributed by atoms with E-state index in [1.165, 1.54) is 22.3 Å². The van der Waals surface area contributed by atoms with Crippen LogP contribution in [0.1, 0.15) is 61.8 Å². The second-order valence-electron chi connectivity index (χ2n) is 9.22. The van der Waals surface area contributed by atoms with Gasteiger partial charge in [-0.2, -0.15) is 0 Å². The summed E-state index contributed by atoms with van der Waals surface area (Å²) in [6, 6.07) is 17.7. The highest BCUT2D eigenvalue weighted by Crippen LogP contribution is 2.25. The van der Waals surface area contributed by atoms with Crippen molar-refractivity contribution in [2.24, 2.45) is 11.8 Å². The second-order valence-corrected chi connectivity index (χ2v) is 9.22. The summed E-state index contributed by atoms with van der Waals surface area (Å²) in [5.41, 5.74) is 5.27. The topological polar surface area (TPSA) is 20.3 Å². The van der Waals surface area contributed by atoms with Crippen LogP contribution in [-0.4, -0.2) is 30.8 Å². The van der Waals surface area contributed by atoms with Gasteiger partial charge in [0.2, 0.25) is 0 Å². The molecule has 1 aliphatic heterocycles. The lowest BCUT2D eigenvalue weighted by molar-refractivity contribution is -0.130. The van der Waals surface area contributed by atoms with Gasteiger partial charge in [0.15, 0.2) is 0 Å². The summed E-state index contributed by atoms with van der Waals surface area (Å²) in [5, 5.41) is 0. The first-order valence-electron chi connectivity index (χ1n) is 10.7. The van der Waals surface area contributed by atoms with Gasteiger partial charge in [-0.25, -0.2) is 0 Å². The molecule has 2 atom stereocenters. The molecule has 0 spiro atoms. The quantitative estimate of drug-likeness (QED) is 0.666. The highest BCUT2D eigenvalue weighted by atomic mass is 16.1. The van der Waals surface area contributed by atoms with Crippen molar-refractivity contribution in [3.05, 3.63) is 70.8 Å². The zero-order chi connectivity index (χ0) is 20.3. The van der Waals surface area contributed by atoms with Gasteiger partial charge >= 0.3 is 0 Å². The van der Waals surface area contributed by atoms with Crippen LogP contribution in [0.15, 0.2) is 48.5 Å². The van der Waals surface area contributed by atoms with E-state index in [2.05, 4.69) is 88.2 Å². The van der Waals surface area contributed by atoms with Crippen molar-refractivity contribution in [1.82, 2.24) is 4.90 Å². The monoisotopic (exact) mass is 377 g/mol. The van der Waals surface area contributed by atoms with Gasteiger partial charge in [-0.3, -0.25) is 4.79 Å². The van der Waals surface area contributed by atoms with Crippen LogP contribution in [-0.2, 0) is 17.6 Å². The first kappa shape index (κ1) is 20.8. The van der Waals surface area contributed by atoms with E-state index in [1.54, 1.807) is 0 Å². The molecule has 0 unspecified atom stereocenters. The Hall–Kier alpha value is -1.93. The molecule has 2 aromatic carbocycles. The normalized spacial score (nSPS) is 20.9. The van der Waals surface area contributed by atoms with Gasteiger partial charge in [0.25, 0.3) is 0 Å². The summed E-state index contributed by atoms with van der Waals surface area (Å²) < 4.78 is 0. The number of benzene rings is 2. The fraction of sp³-hybridized carbons (Fsp3) is 0.500. The van der Waals surface area contributed by atoms with E-state index in [0.717, 1.165) is 25.9 Å². The molecule has 150 valence electrons. The van der Waals surface area contributed by atoms with Crippen LogP contribution in [0.5, 0.6) is 0 Å². The first-order chi connectivity index (χ1) is 13.3. The van der Waals surface area contributed by atoms with Crippen molar-refractivity contribution in [1.29, 1.82) is 0 Å². The minimum absolute atomic E-state index is 0.101. The molecule has 1 aliphatic rings. The fourth-order valence-electron chi connectivity index (χ4n) is 4.32. The Bertz CT molecular complexity index is 708. The predicted octanol–water partition coefficient (Wildman–Crippen LogP) is 5.47. The van der Waals surface area contributed by atoms with Crippen molar-refractivity contribution >= 4 is 5.78 Å². The van der Waals surface area contributed by atoms with Gasteiger partial charge in [-0.1, -0.05) is 76.2 Å². The average Bonchev–Trinajstić information content (AvgIpc) is 2.66. The largest absolute Gasteiger partial charge is 0.305 e. The second kappa shape index (κ2) is 9.05. The average molecular weight is 378 g/mol. The molecule has 2 aromatic rings. The highest BCUT2D eigenvalue weighted by Gasteiger charge is 2.33. The Balaban J connectivity index is 1.67. The number of ketones is 1. The Labute approximate surface area is 171 Å². The van der Waals surface area contributed by atoms with Crippen LogP contribution >= 0.6 is 0 Å². The Morgan fingerprint density at radius 2 is 1.11 bits per heavy atom. The SMILES string of the molecule is CC(C)c1ccc(C[C@@H]2CN(C)C[C@@H](Cc3ccc(C(C)C)cc3)C2=O)cc1. The molecule has 0 aromatic heterocycles. The molecular formula is C26H35NO. The molecule has 0 saturated carbocycles. The summed E-state index contributed by atoms with van der Waals surface area (Å²) in [7, 11) is 2.15. The maximum Gasteiger partial charge on any atom is 0.142 e. The van der Waals surface area contributed by atoms with Crippen molar-refractivity contribution in [3.8, 4) is 0 Å². The lowest BCUT2D eigenvalue weighted by Gasteiger charge is -2.34. The van der Waals surface area contributed by atoms with E-state index in [0.29, 0.717) is 17.6 Å². The zero-order valence-corrected chi connectivity index (χ0v) is 18.1. The molecule has 0 aliphatic carbocycles. The molecule has 0 amide bonds. The Morgan fingerprint density at radius 1 is 0.750 bits per heavy atom. The molecule has 0 radical (unpaired) electrons. The van der Waals surface area contributed by atoms with E-state index < -0.39 is 0 Å². The van der Waals surface area contributed by atoms with Gasteiger partial charge in [-0.15, -0.1) is 0 Å². The standard InChI is InChI=1S/C26H35NO/c1-18(2)22-10-6-20(7-11-22)14-24-16-27(5)17-25(26(24)28)15-21-8-12-23(13-9-21)19(3)4/h6-13,18-19,24-25H,14-17H2,1-5H3/t24-,25-/m1/s1. The molecule has 3 rings (SSSR count). The van der Waals surface area contributed by atoms with E-state index in [-0.39, 0.29) is 11.8 Å². The van der Waals surface area contributed by atoms with E-state index in [4.69, 9.17) is 0 Å². The van der Waals surface area contributed by atoms with Crippen LogP contribution in [0, 0.1) is 11.8 Å². The minimum Gasteiger partial charge on any atom is -0.305 e. The van der Waals surface area contributed by atoms with Gasteiger partial charge in [0, 0.05) is 24.9 Å². The number of carbonyl (C=O) groups excluding carboxylic acids is 1. The number of carbonyl (C=O) groups is 1. The van der Waals surface area contributed by atoms with Crippen LogP contribution in [0.2, 0.25) is 0 Å². The third-order valence-corrected chi connectivity index (χ3v) is 6.13. The first-order valence-corrected chi connectivity index (χ1v) is 10.7. The Kier molecular flexibility index (Phi) is 6.72. The van der Waals surface area contributed by atoms with Crippen molar-refractivity contribution < 1.29 is 4.79 Å². The third kappa shape index (κ3) is 5.11. The third-order valence-electron chi connectivity index (χ3n) is 6.13. The molecule has 1 fully saturated rings. The predicted molar refractivity (Wildman–Crippen MR) is 118 cm³/mol. The van der Waals surface area contributed by atoms with Gasteiger partial charge in [0.05, 0.1) is 0 Å². The van der Waals surface area contributed by atoms with Crippen LogP contribution in [0.4, 0.5) is 0 Å².